The quantitative estimate of drug-likeness (QED) is 0.397. The van der Waals surface area contributed by atoms with Crippen molar-refractivity contribution in [1.82, 2.24) is 0 Å². The molecule has 0 spiro atoms. The number of para-hydroxylation sites is 4. The van der Waals surface area contributed by atoms with Gasteiger partial charge in [-0.2, -0.15) is 0 Å². The summed E-state index contributed by atoms with van der Waals surface area (Å²) in [6.45, 7) is 2.26. The van der Waals surface area contributed by atoms with Gasteiger partial charge in [-0.05, 0) is 53.7 Å². The van der Waals surface area contributed by atoms with Crippen molar-refractivity contribution in [1.29, 1.82) is 0 Å². The minimum Gasteiger partial charge on any atom is -0.458 e. The van der Waals surface area contributed by atoms with Crippen molar-refractivity contribution >= 4 is 40.9 Å². The van der Waals surface area contributed by atoms with Gasteiger partial charge in [-0.25, -0.2) is 0 Å². The van der Waals surface area contributed by atoms with Crippen molar-refractivity contribution in [3.05, 3.63) is 96.6 Å². The smallest absolute Gasteiger partial charge is 0.335 e. The van der Waals surface area contributed by atoms with Crippen molar-refractivity contribution in [2.45, 2.75) is 16.7 Å². The van der Waals surface area contributed by atoms with Crippen molar-refractivity contribution in [2.75, 3.05) is 4.81 Å². The molecule has 0 unspecified atom stereocenters. The maximum Gasteiger partial charge on any atom is 0.335 e. The second-order valence-corrected chi connectivity index (χ2v) is 8.53. The van der Waals surface area contributed by atoms with Crippen molar-refractivity contribution in [3.63, 3.8) is 0 Å². The molecule has 0 fully saturated rings. The lowest BCUT2D eigenvalue weighted by atomic mass is 9.47. The molecule has 138 valence electrons. The Bertz CT molecular complexity index is 1210. The highest BCUT2D eigenvalue weighted by Gasteiger charge is 2.40. The van der Waals surface area contributed by atoms with Gasteiger partial charge in [0, 0.05) is 21.2 Å². The van der Waals surface area contributed by atoms with Crippen molar-refractivity contribution < 1.29 is 4.74 Å². The van der Waals surface area contributed by atoms with Crippen LogP contribution in [0, 0.1) is 6.92 Å². The lowest BCUT2D eigenvalue weighted by molar-refractivity contribution is 0.487. The summed E-state index contributed by atoms with van der Waals surface area (Å²) >= 11 is 1.85. The van der Waals surface area contributed by atoms with Gasteiger partial charge < -0.3 is 9.55 Å². The summed E-state index contributed by atoms with van der Waals surface area (Å²) in [6, 6.07) is 32.1. The Morgan fingerprint density at radius 3 is 2.07 bits per heavy atom. The molecule has 2 aliphatic rings. The largest absolute Gasteiger partial charge is 0.458 e. The second-order valence-electron chi connectivity index (χ2n) is 7.44. The molecule has 0 atom stereocenters. The molecule has 4 aromatic rings. The molecule has 0 aliphatic carbocycles. The number of rotatable bonds is 1. The molecule has 4 aromatic carbocycles. The van der Waals surface area contributed by atoms with E-state index in [0.29, 0.717) is 0 Å². The van der Waals surface area contributed by atoms with E-state index in [2.05, 4.69) is 90.6 Å². The van der Waals surface area contributed by atoms with Gasteiger partial charge in [0.25, 0.3) is 0 Å². The lowest BCUT2D eigenvalue weighted by Crippen LogP contribution is -2.58. The first-order valence-corrected chi connectivity index (χ1v) is 10.6. The van der Waals surface area contributed by atoms with Gasteiger partial charge in [-0.3, -0.25) is 0 Å². The molecule has 0 saturated carbocycles. The van der Waals surface area contributed by atoms with Gasteiger partial charge in [0.1, 0.15) is 11.5 Å². The Balaban J connectivity index is 1.68. The summed E-state index contributed by atoms with van der Waals surface area (Å²) in [4.78, 5) is 5.09. The molecule has 0 bridgehead atoms. The average molecular weight is 391 g/mol. The summed E-state index contributed by atoms with van der Waals surface area (Å²) in [5, 5.41) is 0. The van der Waals surface area contributed by atoms with Crippen LogP contribution in [0.25, 0.3) is 0 Å². The number of hydrogen-bond acceptors (Lipinski definition) is 3. The second kappa shape index (κ2) is 6.46. The molecule has 0 amide bonds. The number of fused-ring (bicyclic) bond motifs is 4. The van der Waals surface area contributed by atoms with E-state index in [1.54, 1.807) is 0 Å². The zero-order valence-electron chi connectivity index (χ0n) is 16.0. The van der Waals surface area contributed by atoms with E-state index in [1.807, 2.05) is 23.9 Å². The Hall–Kier alpha value is -3.11. The van der Waals surface area contributed by atoms with Crippen LogP contribution in [0.15, 0.2) is 101 Å². The monoisotopic (exact) mass is 391 g/mol. The molecule has 0 aromatic heterocycles. The van der Waals surface area contributed by atoms with E-state index in [9.17, 15) is 0 Å². The normalized spacial score (nSPS) is 13.7. The summed E-state index contributed by atoms with van der Waals surface area (Å²) in [7, 11) is 0. The molecule has 4 heteroatoms. The van der Waals surface area contributed by atoms with Gasteiger partial charge in [-0.1, -0.05) is 72.4 Å². The first kappa shape index (κ1) is 16.8. The zero-order chi connectivity index (χ0) is 19.4. The number of nitrogens with zero attached hydrogens (tertiary/aromatic N) is 1. The van der Waals surface area contributed by atoms with Crippen molar-refractivity contribution in [3.8, 4) is 11.5 Å². The first-order chi connectivity index (χ1) is 14.3. The van der Waals surface area contributed by atoms with Crippen LogP contribution in [0.2, 0.25) is 0 Å². The van der Waals surface area contributed by atoms with E-state index in [4.69, 9.17) is 4.74 Å². The Kier molecular flexibility index (Phi) is 3.75. The Morgan fingerprint density at radius 1 is 0.690 bits per heavy atom. The highest BCUT2D eigenvalue weighted by molar-refractivity contribution is 7.99. The fraction of sp³-hybridized carbons (Fsp3) is 0.0400. The minimum absolute atomic E-state index is 0.0537. The molecule has 29 heavy (non-hydrogen) atoms. The van der Waals surface area contributed by atoms with Crippen molar-refractivity contribution in [2.24, 2.45) is 0 Å². The fourth-order valence-electron chi connectivity index (χ4n) is 4.44. The number of hydrogen-bond donors (Lipinski definition) is 0. The topological polar surface area (TPSA) is 12.5 Å². The van der Waals surface area contributed by atoms with Gasteiger partial charge >= 0.3 is 6.85 Å². The fourth-order valence-corrected chi connectivity index (χ4v) is 5.59. The predicted octanol–water partition coefficient (Wildman–Crippen LogP) is 5.51. The molecule has 6 rings (SSSR count). The Labute approximate surface area is 175 Å². The van der Waals surface area contributed by atoms with Gasteiger partial charge in [0.05, 0.1) is 0 Å². The highest BCUT2D eigenvalue weighted by Crippen LogP contribution is 2.50. The van der Waals surface area contributed by atoms with Crippen LogP contribution in [-0.4, -0.2) is 6.85 Å². The first-order valence-electron chi connectivity index (χ1n) is 9.83. The number of benzene rings is 4. The lowest BCUT2D eigenvalue weighted by Gasteiger charge is -2.41. The van der Waals surface area contributed by atoms with Crippen LogP contribution in [0.3, 0.4) is 0 Å². The standard InChI is InChI=1S/C25H18BNOS/c1-17-9-8-16-24-25(17)27(20-12-4-7-15-23(20)29-24)26-18-10-2-5-13-21(18)28-22-14-6-3-11-19(22)26/h2-16H,1H3. The summed E-state index contributed by atoms with van der Waals surface area (Å²) in [5.74, 6) is 1.86. The van der Waals surface area contributed by atoms with Crippen LogP contribution < -0.4 is 20.5 Å². The Morgan fingerprint density at radius 2 is 1.31 bits per heavy atom. The van der Waals surface area contributed by atoms with E-state index in [0.717, 1.165) is 11.5 Å². The van der Waals surface area contributed by atoms with Crippen LogP contribution in [-0.2, 0) is 0 Å². The van der Waals surface area contributed by atoms with Gasteiger partial charge in [0.2, 0.25) is 0 Å². The third-order valence-corrected chi connectivity index (χ3v) is 6.81. The maximum atomic E-state index is 6.27. The van der Waals surface area contributed by atoms with Crippen LogP contribution in [0.4, 0.5) is 11.4 Å². The molecule has 0 radical (unpaired) electrons. The molecule has 2 nitrogen and oxygen atoms in total. The van der Waals surface area contributed by atoms with Gasteiger partial charge in [0.15, 0.2) is 0 Å². The molecule has 0 N–H and O–H groups in total. The van der Waals surface area contributed by atoms with E-state index in [1.165, 1.54) is 37.7 Å². The zero-order valence-corrected chi connectivity index (χ0v) is 16.8. The summed E-state index contributed by atoms with van der Waals surface area (Å²) < 4.78 is 6.27. The molecule has 2 aliphatic heterocycles. The average Bonchev–Trinajstić information content (AvgIpc) is 2.76. The molecule has 0 saturated heterocycles. The number of aryl methyl sites for hydroxylation is 1. The van der Waals surface area contributed by atoms with Crippen LogP contribution >= 0.6 is 11.8 Å². The minimum atomic E-state index is 0.0537. The van der Waals surface area contributed by atoms with E-state index >= 15 is 0 Å². The maximum absolute atomic E-state index is 6.27. The SMILES string of the molecule is Cc1cccc2c1N(B1c3ccccc3Oc3ccccc31)c1ccccc1S2. The van der Waals surface area contributed by atoms with Crippen LogP contribution in [0.5, 0.6) is 11.5 Å². The summed E-state index contributed by atoms with van der Waals surface area (Å²) in [5.41, 5.74) is 6.21. The predicted molar refractivity (Wildman–Crippen MR) is 122 cm³/mol. The highest BCUT2D eigenvalue weighted by atomic mass is 32.2. The van der Waals surface area contributed by atoms with E-state index in [-0.39, 0.29) is 6.85 Å². The van der Waals surface area contributed by atoms with Crippen LogP contribution in [0.1, 0.15) is 5.56 Å². The summed E-state index contributed by atoms with van der Waals surface area (Å²) in [6.07, 6.45) is 0. The number of ether oxygens (including phenoxy) is 1. The molecule has 2 heterocycles. The molecular weight excluding hydrogens is 373 g/mol. The third-order valence-electron chi connectivity index (χ3n) is 5.69. The van der Waals surface area contributed by atoms with Gasteiger partial charge in [-0.15, -0.1) is 0 Å². The molecular formula is C25H18BNOS. The third kappa shape index (κ3) is 2.52. The number of anilines is 2. The van der Waals surface area contributed by atoms with E-state index < -0.39 is 0 Å².